The first kappa shape index (κ1) is 18.0. The molecule has 0 aliphatic carbocycles. The standard InChI is InChI=1S/C22H17NO4S/c1-15-6-12-18(13-7-15)28(25,26)23-17-10-8-16(9-11-17)22-14-20(24)19-4-2-3-5-21(19)27-22/h2-14,23H,1H3. The lowest BCUT2D eigenvalue weighted by atomic mass is 10.1. The zero-order valence-corrected chi connectivity index (χ0v) is 15.9. The lowest BCUT2D eigenvalue weighted by Gasteiger charge is -2.09. The molecule has 140 valence electrons. The second-order valence-corrected chi connectivity index (χ2v) is 8.15. The molecule has 5 nitrogen and oxygen atoms in total. The lowest BCUT2D eigenvalue weighted by molar-refractivity contribution is 0.601. The fourth-order valence-corrected chi connectivity index (χ4v) is 3.94. The Morgan fingerprint density at radius 2 is 1.54 bits per heavy atom. The topological polar surface area (TPSA) is 76.4 Å². The Kier molecular flexibility index (Phi) is 4.49. The van der Waals surface area contributed by atoms with Crippen LogP contribution in [0.15, 0.2) is 93.0 Å². The average molecular weight is 391 g/mol. The van der Waals surface area contributed by atoms with Crippen LogP contribution in [-0.4, -0.2) is 8.42 Å². The monoisotopic (exact) mass is 391 g/mol. The molecule has 28 heavy (non-hydrogen) atoms. The smallest absolute Gasteiger partial charge is 0.261 e. The summed E-state index contributed by atoms with van der Waals surface area (Å²) >= 11 is 0. The third kappa shape index (κ3) is 3.54. The number of fused-ring (bicyclic) bond motifs is 1. The van der Waals surface area contributed by atoms with Crippen molar-refractivity contribution in [3.05, 3.63) is 94.6 Å². The van der Waals surface area contributed by atoms with Crippen molar-refractivity contribution in [1.82, 2.24) is 0 Å². The number of aryl methyl sites for hydroxylation is 1. The minimum absolute atomic E-state index is 0.124. The van der Waals surface area contributed by atoms with Crippen LogP contribution in [0.25, 0.3) is 22.3 Å². The van der Waals surface area contributed by atoms with Gasteiger partial charge in [-0.3, -0.25) is 9.52 Å². The maximum absolute atomic E-state index is 12.5. The summed E-state index contributed by atoms with van der Waals surface area (Å²) < 4.78 is 33.3. The van der Waals surface area contributed by atoms with Crippen molar-refractivity contribution in [1.29, 1.82) is 0 Å². The molecule has 4 rings (SSSR count). The molecule has 0 unspecified atom stereocenters. The van der Waals surface area contributed by atoms with Crippen molar-refractivity contribution in [2.24, 2.45) is 0 Å². The molecule has 6 heteroatoms. The van der Waals surface area contributed by atoms with E-state index in [1.54, 1.807) is 72.8 Å². The fourth-order valence-electron chi connectivity index (χ4n) is 2.88. The maximum atomic E-state index is 12.5. The van der Waals surface area contributed by atoms with Crippen LogP contribution in [0.3, 0.4) is 0 Å². The molecule has 0 bridgehead atoms. The molecule has 0 aliphatic heterocycles. The van der Waals surface area contributed by atoms with Gasteiger partial charge in [0, 0.05) is 17.3 Å². The van der Waals surface area contributed by atoms with Crippen molar-refractivity contribution < 1.29 is 12.8 Å². The van der Waals surface area contributed by atoms with Gasteiger partial charge in [-0.15, -0.1) is 0 Å². The summed E-state index contributed by atoms with van der Waals surface area (Å²) in [4.78, 5) is 12.5. The van der Waals surface area contributed by atoms with E-state index in [1.807, 2.05) is 6.92 Å². The Labute approximate surface area is 162 Å². The minimum atomic E-state index is -3.67. The van der Waals surface area contributed by atoms with E-state index in [9.17, 15) is 13.2 Å². The highest BCUT2D eigenvalue weighted by molar-refractivity contribution is 7.92. The van der Waals surface area contributed by atoms with E-state index in [0.29, 0.717) is 28.0 Å². The highest BCUT2D eigenvalue weighted by atomic mass is 32.2. The number of rotatable bonds is 4. The molecular weight excluding hydrogens is 374 g/mol. The van der Waals surface area contributed by atoms with Gasteiger partial charge in [-0.05, 0) is 55.5 Å². The minimum Gasteiger partial charge on any atom is -0.456 e. The van der Waals surface area contributed by atoms with Gasteiger partial charge in [0.2, 0.25) is 0 Å². The SMILES string of the molecule is Cc1ccc(S(=O)(=O)Nc2ccc(-c3cc(=O)c4ccccc4o3)cc2)cc1. The first-order chi connectivity index (χ1) is 13.4. The van der Waals surface area contributed by atoms with Gasteiger partial charge < -0.3 is 4.42 Å². The van der Waals surface area contributed by atoms with Crippen molar-refractivity contribution >= 4 is 26.7 Å². The molecule has 0 radical (unpaired) electrons. The fraction of sp³-hybridized carbons (Fsp3) is 0.0455. The van der Waals surface area contributed by atoms with Crippen LogP contribution in [0, 0.1) is 6.92 Å². The molecule has 3 aromatic carbocycles. The lowest BCUT2D eigenvalue weighted by Crippen LogP contribution is -2.12. The summed E-state index contributed by atoms with van der Waals surface area (Å²) in [5.74, 6) is 0.427. The van der Waals surface area contributed by atoms with Crippen LogP contribution >= 0.6 is 0 Å². The number of hydrogen-bond acceptors (Lipinski definition) is 4. The van der Waals surface area contributed by atoms with Gasteiger partial charge in [-0.1, -0.05) is 29.8 Å². The predicted molar refractivity (Wildman–Crippen MR) is 110 cm³/mol. The molecule has 4 aromatic rings. The summed E-state index contributed by atoms with van der Waals surface area (Å²) in [6.45, 7) is 1.90. The molecule has 0 saturated carbocycles. The van der Waals surface area contributed by atoms with E-state index in [-0.39, 0.29) is 10.3 Å². The Hall–Kier alpha value is -3.38. The van der Waals surface area contributed by atoms with Crippen LogP contribution in [0.4, 0.5) is 5.69 Å². The molecule has 0 spiro atoms. The molecule has 0 amide bonds. The molecule has 1 aromatic heterocycles. The average Bonchev–Trinajstić information content (AvgIpc) is 2.68. The molecule has 0 saturated heterocycles. The second kappa shape index (κ2) is 6.98. The van der Waals surface area contributed by atoms with Gasteiger partial charge in [-0.2, -0.15) is 0 Å². The van der Waals surface area contributed by atoms with Gasteiger partial charge in [0.05, 0.1) is 10.3 Å². The van der Waals surface area contributed by atoms with E-state index in [1.165, 1.54) is 6.07 Å². The van der Waals surface area contributed by atoms with E-state index in [4.69, 9.17) is 4.42 Å². The first-order valence-corrected chi connectivity index (χ1v) is 10.1. The largest absolute Gasteiger partial charge is 0.456 e. The second-order valence-electron chi connectivity index (χ2n) is 6.47. The van der Waals surface area contributed by atoms with E-state index >= 15 is 0 Å². The number of benzene rings is 3. The summed E-state index contributed by atoms with van der Waals surface area (Å²) in [6, 6.07) is 21.8. The van der Waals surface area contributed by atoms with Crippen LogP contribution in [0.2, 0.25) is 0 Å². The number of nitrogens with one attached hydrogen (secondary N) is 1. The van der Waals surface area contributed by atoms with Gasteiger partial charge in [-0.25, -0.2) is 8.42 Å². The Morgan fingerprint density at radius 3 is 2.25 bits per heavy atom. The summed E-state index contributed by atoms with van der Waals surface area (Å²) in [6.07, 6.45) is 0. The molecular formula is C22H17NO4S. The highest BCUT2D eigenvalue weighted by Crippen LogP contribution is 2.24. The third-order valence-corrected chi connectivity index (χ3v) is 5.78. The molecule has 1 heterocycles. The van der Waals surface area contributed by atoms with Crippen molar-refractivity contribution in [2.75, 3.05) is 4.72 Å². The zero-order chi connectivity index (χ0) is 19.7. The highest BCUT2D eigenvalue weighted by Gasteiger charge is 2.14. The van der Waals surface area contributed by atoms with Gasteiger partial charge in [0.1, 0.15) is 11.3 Å². The summed E-state index contributed by atoms with van der Waals surface area (Å²) in [7, 11) is -3.67. The van der Waals surface area contributed by atoms with Crippen LogP contribution in [-0.2, 0) is 10.0 Å². The molecule has 1 N–H and O–H groups in total. The Morgan fingerprint density at radius 1 is 0.857 bits per heavy atom. The zero-order valence-electron chi connectivity index (χ0n) is 15.0. The van der Waals surface area contributed by atoms with Gasteiger partial charge >= 0.3 is 0 Å². The normalized spacial score (nSPS) is 11.5. The first-order valence-electron chi connectivity index (χ1n) is 8.65. The number of anilines is 1. The maximum Gasteiger partial charge on any atom is 0.261 e. The predicted octanol–water partition coefficient (Wildman–Crippen LogP) is 4.57. The van der Waals surface area contributed by atoms with Crippen molar-refractivity contribution in [3.8, 4) is 11.3 Å². The number of hydrogen-bond donors (Lipinski definition) is 1. The molecule has 0 atom stereocenters. The number of para-hydroxylation sites is 1. The van der Waals surface area contributed by atoms with Crippen LogP contribution in [0.1, 0.15) is 5.56 Å². The van der Waals surface area contributed by atoms with Crippen LogP contribution in [0.5, 0.6) is 0 Å². The van der Waals surface area contributed by atoms with E-state index < -0.39 is 10.0 Å². The van der Waals surface area contributed by atoms with E-state index in [0.717, 1.165) is 5.56 Å². The summed E-state index contributed by atoms with van der Waals surface area (Å²) in [5, 5.41) is 0.522. The molecule has 0 aliphatic rings. The quantitative estimate of drug-likeness (QED) is 0.553. The Balaban J connectivity index is 1.62. The molecule has 0 fully saturated rings. The summed E-state index contributed by atoms with van der Waals surface area (Å²) in [5.41, 5.74) is 2.48. The number of sulfonamides is 1. The Bertz CT molecular complexity index is 1310. The van der Waals surface area contributed by atoms with Crippen LogP contribution < -0.4 is 10.2 Å². The van der Waals surface area contributed by atoms with Crippen molar-refractivity contribution in [3.63, 3.8) is 0 Å². The van der Waals surface area contributed by atoms with Gasteiger partial charge in [0.15, 0.2) is 5.43 Å². The van der Waals surface area contributed by atoms with Crippen molar-refractivity contribution in [2.45, 2.75) is 11.8 Å². The van der Waals surface area contributed by atoms with Gasteiger partial charge in [0.25, 0.3) is 10.0 Å². The van der Waals surface area contributed by atoms with E-state index in [2.05, 4.69) is 4.72 Å². The third-order valence-electron chi connectivity index (χ3n) is 4.39.